The van der Waals surface area contributed by atoms with Crippen LogP contribution in [-0.4, -0.2) is 60.2 Å². The molecule has 2 aliphatic rings. The Bertz CT molecular complexity index is 678. The van der Waals surface area contributed by atoms with Crippen LogP contribution in [0.25, 0.3) is 0 Å². The fraction of sp³-hybridized carbons (Fsp3) is 0.733. The quantitative estimate of drug-likeness (QED) is 0.620. The summed E-state index contributed by atoms with van der Waals surface area (Å²) in [6.07, 6.45) is 6.94. The van der Waals surface area contributed by atoms with Crippen molar-refractivity contribution in [2.75, 3.05) is 25.1 Å². The van der Waals surface area contributed by atoms with Crippen molar-refractivity contribution in [1.82, 2.24) is 20.0 Å². The van der Waals surface area contributed by atoms with Crippen LogP contribution >= 0.6 is 0 Å². The first-order valence-corrected chi connectivity index (χ1v) is 9.93. The smallest absolute Gasteiger partial charge is 0.194 e. The van der Waals surface area contributed by atoms with E-state index in [2.05, 4.69) is 15.3 Å². The minimum Gasteiger partial charge on any atom is -0.354 e. The Morgan fingerprint density at radius 2 is 2.26 bits per heavy atom. The van der Waals surface area contributed by atoms with Crippen molar-refractivity contribution in [3.63, 3.8) is 0 Å². The van der Waals surface area contributed by atoms with E-state index in [0.717, 1.165) is 24.5 Å². The van der Waals surface area contributed by atoms with Crippen LogP contribution in [0.15, 0.2) is 17.4 Å². The van der Waals surface area contributed by atoms with Gasteiger partial charge in [-0.1, -0.05) is 0 Å². The zero-order valence-corrected chi connectivity index (χ0v) is 14.6. The first kappa shape index (κ1) is 16.3. The number of nitrogens with zero attached hydrogens (tertiary/aromatic N) is 4. The largest absolute Gasteiger partial charge is 0.354 e. The van der Waals surface area contributed by atoms with E-state index in [9.17, 15) is 8.42 Å². The van der Waals surface area contributed by atoms with Crippen LogP contribution in [0.3, 0.4) is 0 Å². The van der Waals surface area contributed by atoms with Crippen molar-refractivity contribution in [3.05, 3.63) is 18.0 Å². The molecule has 3 rings (SSSR count). The van der Waals surface area contributed by atoms with Crippen LogP contribution in [0, 0.1) is 5.92 Å². The van der Waals surface area contributed by atoms with E-state index in [0.29, 0.717) is 18.3 Å². The Morgan fingerprint density at radius 1 is 1.48 bits per heavy atom. The number of guanidine groups is 1. The Balaban J connectivity index is 1.62. The molecule has 128 valence electrons. The number of aromatic nitrogens is 2. The summed E-state index contributed by atoms with van der Waals surface area (Å²) in [5, 5.41) is 7.65. The second-order valence-electron chi connectivity index (χ2n) is 6.73. The molecule has 8 heteroatoms. The molecule has 0 radical (unpaired) electrons. The predicted octanol–water partition coefficient (Wildman–Crippen LogP) is 0.395. The van der Waals surface area contributed by atoms with E-state index in [1.54, 1.807) is 4.68 Å². The number of aryl methyl sites for hydroxylation is 1. The minimum absolute atomic E-state index is 0.155. The summed E-state index contributed by atoms with van der Waals surface area (Å²) in [6.45, 7) is 1.31. The molecule has 2 heterocycles. The van der Waals surface area contributed by atoms with E-state index in [-0.39, 0.29) is 11.7 Å². The summed E-state index contributed by atoms with van der Waals surface area (Å²) in [7, 11) is 1.08. The number of nitrogens with one attached hydrogen (secondary N) is 1. The zero-order chi connectivity index (χ0) is 16.4. The third-order valence-corrected chi connectivity index (χ3v) is 6.11. The number of aliphatic imine (C=N–C) groups is 1. The summed E-state index contributed by atoms with van der Waals surface area (Å²) in [5.41, 5.74) is 1.13. The minimum atomic E-state index is -2.83. The average molecular weight is 339 g/mol. The lowest BCUT2D eigenvalue weighted by Gasteiger charge is -2.22. The van der Waals surface area contributed by atoms with E-state index in [1.165, 1.54) is 12.8 Å². The van der Waals surface area contributed by atoms with Gasteiger partial charge < -0.3 is 10.2 Å². The lowest BCUT2D eigenvalue weighted by Crippen LogP contribution is -2.40. The van der Waals surface area contributed by atoms with E-state index in [4.69, 9.17) is 4.99 Å². The van der Waals surface area contributed by atoms with Gasteiger partial charge in [0.15, 0.2) is 15.8 Å². The molecule has 7 nitrogen and oxygen atoms in total. The number of sulfone groups is 1. The molecule has 1 saturated carbocycles. The van der Waals surface area contributed by atoms with E-state index >= 15 is 0 Å². The SMILES string of the molecule is CN(Cc1cnn(C)c1)C(=NCC1CCS(=O)(=O)C1)NC1CC1. The van der Waals surface area contributed by atoms with Gasteiger partial charge in [0.1, 0.15) is 0 Å². The maximum Gasteiger partial charge on any atom is 0.194 e. The monoisotopic (exact) mass is 339 g/mol. The van der Waals surface area contributed by atoms with Crippen LogP contribution in [0.4, 0.5) is 0 Å². The van der Waals surface area contributed by atoms with Crippen molar-refractivity contribution in [2.45, 2.75) is 31.8 Å². The summed E-state index contributed by atoms with van der Waals surface area (Å²) in [4.78, 5) is 6.78. The summed E-state index contributed by atoms with van der Waals surface area (Å²) in [6, 6.07) is 0.511. The van der Waals surface area contributed by atoms with E-state index in [1.807, 2.05) is 26.5 Å². The first-order valence-electron chi connectivity index (χ1n) is 8.11. The highest BCUT2D eigenvalue weighted by atomic mass is 32.2. The molecule has 0 bridgehead atoms. The normalized spacial score (nSPS) is 23.9. The van der Waals surface area contributed by atoms with Crippen LogP contribution in [0.1, 0.15) is 24.8 Å². The molecule has 1 unspecified atom stereocenters. The highest BCUT2D eigenvalue weighted by Crippen LogP contribution is 2.21. The highest BCUT2D eigenvalue weighted by Gasteiger charge is 2.28. The lowest BCUT2D eigenvalue weighted by molar-refractivity contribution is 0.469. The predicted molar refractivity (Wildman–Crippen MR) is 89.9 cm³/mol. The Hall–Kier alpha value is -1.57. The Labute approximate surface area is 137 Å². The van der Waals surface area contributed by atoms with Crippen molar-refractivity contribution < 1.29 is 8.42 Å². The standard InChI is InChI=1S/C15H25N5O2S/c1-19(9-13-8-17-20(2)10-13)15(18-14-3-4-14)16-7-12-5-6-23(21,22)11-12/h8,10,12,14H,3-7,9,11H2,1-2H3,(H,16,18). The zero-order valence-electron chi connectivity index (χ0n) is 13.8. The molecule has 23 heavy (non-hydrogen) atoms. The van der Waals surface area contributed by atoms with Gasteiger partial charge >= 0.3 is 0 Å². The molecule has 1 N–H and O–H groups in total. The van der Waals surface area contributed by atoms with Gasteiger partial charge in [0.2, 0.25) is 0 Å². The second-order valence-corrected chi connectivity index (χ2v) is 8.96. The van der Waals surface area contributed by atoms with Crippen LogP contribution in [0.2, 0.25) is 0 Å². The van der Waals surface area contributed by atoms with Gasteiger partial charge in [-0.15, -0.1) is 0 Å². The van der Waals surface area contributed by atoms with Crippen molar-refractivity contribution in [2.24, 2.45) is 18.0 Å². The molecule has 0 aromatic carbocycles. The summed E-state index contributed by atoms with van der Waals surface area (Å²) in [5.74, 6) is 1.60. The van der Waals surface area contributed by atoms with Gasteiger partial charge in [-0.25, -0.2) is 8.42 Å². The number of hydrogen-bond donors (Lipinski definition) is 1. The molecule has 0 spiro atoms. The fourth-order valence-corrected chi connectivity index (χ4v) is 4.67. The molecule has 1 atom stereocenters. The molecule has 1 saturated heterocycles. The van der Waals surface area contributed by atoms with Gasteiger partial charge in [-0.2, -0.15) is 5.10 Å². The van der Waals surface area contributed by atoms with Crippen LogP contribution in [0.5, 0.6) is 0 Å². The van der Waals surface area contributed by atoms with Crippen LogP contribution in [-0.2, 0) is 23.4 Å². The van der Waals surface area contributed by atoms with Gasteiger partial charge in [0.25, 0.3) is 0 Å². The molecule has 1 aliphatic heterocycles. The molecule has 1 aromatic heterocycles. The van der Waals surface area contributed by atoms with Gasteiger partial charge in [0, 0.05) is 45.0 Å². The van der Waals surface area contributed by atoms with Crippen molar-refractivity contribution >= 4 is 15.8 Å². The van der Waals surface area contributed by atoms with Gasteiger partial charge in [-0.3, -0.25) is 9.67 Å². The molecular weight excluding hydrogens is 314 g/mol. The third-order valence-electron chi connectivity index (χ3n) is 4.28. The third kappa shape index (κ3) is 4.70. The topological polar surface area (TPSA) is 79.6 Å². The van der Waals surface area contributed by atoms with Gasteiger partial charge in [0.05, 0.1) is 17.7 Å². The first-order chi connectivity index (χ1) is 10.9. The summed E-state index contributed by atoms with van der Waals surface area (Å²) >= 11 is 0. The number of hydrogen-bond acceptors (Lipinski definition) is 4. The Morgan fingerprint density at radius 3 is 2.83 bits per heavy atom. The number of rotatable bonds is 5. The maximum absolute atomic E-state index is 11.6. The van der Waals surface area contributed by atoms with Crippen molar-refractivity contribution in [3.8, 4) is 0 Å². The average Bonchev–Trinajstić information content (AvgIpc) is 3.11. The summed E-state index contributed by atoms with van der Waals surface area (Å²) < 4.78 is 24.9. The molecular formula is C15H25N5O2S. The second kappa shape index (κ2) is 6.51. The molecule has 2 fully saturated rings. The highest BCUT2D eigenvalue weighted by molar-refractivity contribution is 7.91. The van der Waals surface area contributed by atoms with E-state index < -0.39 is 9.84 Å². The van der Waals surface area contributed by atoms with Gasteiger partial charge in [-0.05, 0) is 25.2 Å². The fourth-order valence-electron chi connectivity index (χ4n) is 2.82. The lowest BCUT2D eigenvalue weighted by atomic mass is 10.1. The Kier molecular flexibility index (Phi) is 4.61. The maximum atomic E-state index is 11.6. The van der Waals surface area contributed by atoms with Crippen molar-refractivity contribution in [1.29, 1.82) is 0 Å². The molecule has 1 aliphatic carbocycles. The molecule has 0 amide bonds. The molecule has 1 aromatic rings. The van der Waals surface area contributed by atoms with Crippen LogP contribution < -0.4 is 5.32 Å².